The number of nitrogens with one attached hydrogen (secondary N) is 1. The van der Waals surface area contributed by atoms with Gasteiger partial charge in [-0.25, -0.2) is 0 Å². The van der Waals surface area contributed by atoms with E-state index in [2.05, 4.69) is 48.8 Å². The van der Waals surface area contributed by atoms with E-state index in [1.165, 1.54) is 5.82 Å². The molecule has 0 aliphatic carbocycles. The number of benzene rings is 1. The van der Waals surface area contributed by atoms with Crippen molar-refractivity contribution in [3.63, 3.8) is 0 Å². The Morgan fingerprint density at radius 2 is 2.05 bits per heavy atom. The topological polar surface area (TPSA) is 51.1 Å². The Bertz CT molecular complexity index is 565. The second-order valence-corrected chi connectivity index (χ2v) is 6.50. The normalized spacial score (nSPS) is 19.3. The van der Waals surface area contributed by atoms with Gasteiger partial charge in [0.25, 0.3) is 0 Å². The van der Waals surface area contributed by atoms with Crippen LogP contribution in [0.4, 0.5) is 0 Å². The first kappa shape index (κ1) is 14.6. The highest BCUT2D eigenvalue weighted by Gasteiger charge is 2.19. The van der Waals surface area contributed by atoms with Crippen LogP contribution in [0.1, 0.15) is 5.56 Å². The second-order valence-electron chi connectivity index (χ2n) is 5.25. The summed E-state index contributed by atoms with van der Waals surface area (Å²) in [7, 11) is 0. The van der Waals surface area contributed by atoms with Crippen LogP contribution in [0.25, 0.3) is 0 Å². The van der Waals surface area contributed by atoms with Gasteiger partial charge in [0.15, 0.2) is 0 Å². The Hall–Kier alpha value is -1.28. The van der Waals surface area contributed by atoms with Gasteiger partial charge in [-0.1, -0.05) is 0 Å². The van der Waals surface area contributed by atoms with E-state index in [9.17, 15) is 5.11 Å². The zero-order chi connectivity index (χ0) is 14.7. The summed E-state index contributed by atoms with van der Waals surface area (Å²) in [5.74, 6) is 1.56. The van der Waals surface area contributed by atoms with Crippen LogP contribution in [0.15, 0.2) is 35.1 Å². The first-order chi connectivity index (χ1) is 10.2. The van der Waals surface area contributed by atoms with Crippen LogP contribution in [0.5, 0.6) is 5.75 Å². The minimum atomic E-state index is 0.394. The smallest absolute Gasteiger partial charge is 0.120 e. The number of piperazine rings is 1. The molecule has 2 N–H and O–H groups in total. The van der Waals surface area contributed by atoms with E-state index in [4.69, 9.17) is 0 Å². The standard InChI is InChI=1S/C15H19IN4O/c16-13-1-2-14(21)12(9-13)10-19-5-7-20(8-6-19)15-3-4-17-11-18-15/h1-4,9,18,21H,5-8,10-11H2. The van der Waals surface area contributed by atoms with Gasteiger partial charge in [0.2, 0.25) is 0 Å². The van der Waals surface area contributed by atoms with Crippen LogP contribution in [-0.2, 0) is 6.54 Å². The Morgan fingerprint density at radius 1 is 1.24 bits per heavy atom. The molecule has 112 valence electrons. The molecule has 0 unspecified atom stereocenters. The number of phenolic OH excluding ortho intramolecular Hbond substituents is 1. The maximum atomic E-state index is 9.95. The average molecular weight is 398 g/mol. The average Bonchev–Trinajstić information content (AvgIpc) is 2.53. The summed E-state index contributed by atoms with van der Waals surface area (Å²) >= 11 is 2.28. The number of hydrogen-bond donors (Lipinski definition) is 2. The van der Waals surface area contributed by atoms with E-state index in [0.29, 0.717) is 12.4 Å². The second kappa shape index (κ2) is 6.65. The fourth-order valence-corrected chi connectivity index (χ4v) is 3.20. The van der Waals surface area contributed by atoms with Gasteiger partial charge in [0, 0.05) is 48.1 Å². The summed E-state index contributed by atoms with van der Waals surface area (Å²) in [6.07, 6.45) is 3.90. The number of hydrogen-bond acceptors (Lipinski definition) is 5. The van der Waals surface area contributed by atoms with Crippen LogP contribution < -0.4 is 5.32 Å². The lowest BCUT2D eigenvalue weighted by Crippen LogP contribution is -2.48. The number of rotatable bonds is 3. The summed E-state index contributed by atoms with van der Waals surface area (Å²) in [5, 5.41) is 13.2. The number of phenols is 1. The molecule has 1 fully saturated rings. The molecule has 21 heavy (non-hydrogen) atoms. The van der Waals surface area contributed by atoms with Crippen LogP contribution in [-0.4, -0.2) is 54.0 Å². The molecule has 0 amide bonds. The molecule has 6 heteroatoms. The fraction of sp³-hybridized carbons (Fsp3) is 0.400. The third-order valence-electron chi connectivity index (χ3n) is 3.84. The molecule has 2 heterocycles. The SMILES string of the molecule is Oc1ccc(I)cc1CN1CCN(C2=CC=NCN2)CC1. The highest BCUT2D eigenvalue weighted by Crippen LogP contribution is 2.22. The van der Waals surface area contributed by atoms with Gasteiger partial charge in [0.05, 0.1) is 0 Å². The molecular formula is C15H19IN4O. The van der Waals surface area contributed by atoms with Gasteiger partial charge in [-0.3, -0.25) is 9.89 Å². The molecule has 1 aromatic rings. The van der Waals surface area contributed by atoms with E-state index >= 15 is 0 Å². The van der Waals surface area contributed by atoms with E-state index in [1.807, 2.05) is 18.4 Å². The summed E-state index contributed by atoms with van der Waals surface area (Å²) in [6.45, 7) is 5.48. The number of aliphatic imine (C=N–C) groups is 1. The van der Waals surface area contributed by atoms with Gasteiger partial charge < -0.3 is 15.3 Å². The molecule has 0 spiro atoms. The predicted octanol–water partition coefficient (Wildman–Crippen LogP) is 1.59. The largest absolute Gasteiger partial charge is 0.508 e. The van der Waals surface area contributed by atoms with E-state index in [1.54, 1.807) is 6.07 Å². The van der Waals surface area contributed by atoms with Gasteiger partial charge >= 0.3 is 0 Å². The van der Waals surface area contributed by atoms with Crippen molar-refractivity contribution in [3.8, 4) is 5.75 Å². The van der Waals surface area contributed by atoms with Crippen LogP contribution in [0.3, 0.4) is 0 Å². The van der Waals surface area contributed by atoms with Crippen molar-refractivity contribution in [2.45, 2.75) is 6.54 Å². The lowest BCUT2D eigenvalue weighted by atomic mass is 10.1. The summed E-state index contributed by atoms with van der Waals surface area (Å²) in [4.78, 5) is 8.88. The first-order valence-electron chi connectivity index (χ1n) is 7.11. The first-order valence-corrected chi connectivity index (χ1v) is 8.19. The van der Waals surface area contributed by atoms with Gasteiger partial charge in [0.1, 0.15) is 18.2 Å². The van der Waals surface area contributed by atoms with Crippen molar-refractivity contribution in [1.29, 1.82) is 0 Å². The maximum absolute atomic E-state index is 9.95. The predicted molar refractivity (Wildman–Crippen MR) is 92.3 cm³/mol. The van der Waals surface area contributed by atoms with Crippen LogP contribution >= 0.6 is 22.6 Å². The Balaban J connectivity index is 1.57. The molecule has 2 aliphatic rings. The third kappa shape index (κ3) is 3.68. The lowest BCUT2D eigenvalue weighted by Gasteiger charge is -2.37. The Morgan fingerprint density at radius 3 is 2.76 bits per heavy atom. The van der Waals surface area contributed by atoms with Crippen molar-refractivity contribution in [1.82, 2.24) is 15.1 Å². The highest BCUT2D eigenvalue weighted by molar-refractivity contribution is 14.1. The molecule has 5 nitrogen and oxygen atoms in total. The molecule has 0 aromatic heterocycles. The molecule has 0 bridgehead atoms. The maximum Gasteiger partial charge on any atom is 0.120 e. The van der Waals surface area contributed by atoms with E-state index in [0.717, 1.165) is 41.9 Å². The summed E-state index contributed by atoms with van der Waals surface area (Å²) in [5.41, 5.74) is 1.01. The molecule has 2 aliphatic heterocycles. The molecular weight excluding hydrogens is 379 g/mol. The Labute approximate surface area is 138 Å². The summed E-state index contributed by atoms with van der Waals surface area (Å²) < 4.78 is 1.16. The number of nitrogens with zero attached hydrogens (tertiary/aromatic N) is 3. The van der Waals surface area contributed by atoms with E-state index < -0.39 is 0 Å². The number of halogens is 1. The van der Waals surface area contributed by atoms with Gasteiger partial charge in [-0.05, 0) is 46.9 Å². The van der Waals surface area contributed by atoms with Gasteiger partial charge in [-0.15, -0.1) is 0 Å². The molecule has 0 saturated carbocycles. The molecule has 3 rings (SSSR count). The third-order valence-corrected chi connectivity index (χ3v) is 4.51. The van der Waals surface area contributed by atoms with E-state index in [-0.39, 0.29) is 0 Å². The number of aromatic hydroxyl groups is 1. The minimum absolute atomic E-state index is 0.394. The molecule has 0 radical (unpaired) electrons. The van der Waals surface area contributed by atoms with Crippen LogP contribution in [0, 0.1) is 3.57 Å². The Kier molecular flexibility index (Phi) is 4.64. The van der Waals surface area contributed by atoms with Gasteiger partial charge in [-0.2, -0.15) is 0 Å². The zero-order valence-corrected chi connectivity index (χ0v) is 14.0. The van der Waals surface area contributed by atoms with Crippen molar-refractivity contribution in [2.24, 2.45) is 4.99 Å². The quantitative estimate of drug-likeness (QED) is 0.760. The molecule has 0 atom stereocenters. The lowest BCUT2D eigenvalue weighted by molar-refractivity contribution is 0.145. The minimum Gasteiger partial charge on any atom is -0.508 e. The van der Waals surface area contributed by atoms with Crippen molar-refractivity contribution < 1.29 is 5.11 Å². The van der Waals surface area contributed by atoms with Crippen molar-refractivity contribution in [3.05, 3.63) is 39.2 Å². The van der Waals surface area contributed by atoms with Crippen LogP contribution in [0.2, 0.25) is 0 Å². The summed E-state index contributed by atoms with van der Waals surface area (Å²) in [6, 6.07) is 5.77. The molecule has 1 aromatic carbocycles. The fourth-order valence-electron chi connectivity index (χ4n) is 2.65. The zero-order valence-electron chi connectivity index (χ0n) is 11.8. The van der Waals surface area contributed by atoms with Crippen molar-refractivity contribution >= 4 is 28.8 Å². The monoisotopic (exact) mass is 398 g/mol. The van der Waals surface area contributed by atoms with Crippen molar-refractivity contribution in [2.75, 3.05) is 32.8 Å². The number of allylic oxidation sites excluding steroid dienone is 1. The highest BCUT2D eigenvalue weighted by atomic mass is 127. The molecule has 1 saturated heterocycles.